The molecule has 1 aromatic carbocycles. The van der Waals surface area contributed by atoms with Crippen LogP contribution in [-0.4, -0.2) is 21.4 Å². The molecule has 2 rings (SSSR count). The van der Waals surface area contributed by atoms with Crippen molar-refractivity contribution in [1.29, 1.82) is 0 Å². The second-order valence-corrected chi connectivity index (χ2v) is 4.40. The van der Waals surface area contributed by atoms with Gasteiger partial charge in [0.05, 0.1) is 12.1 Å². The summed E-state index contributed by atoms with van der Waals surface area (Å²) in [7, 11) is 0. The quantitative estimate of drug-likeness (QED) is 0.687. The Labute approximate surface area is 114 Å². The van der Waals surface area contributed by atoms with E-state index in [2.05, 4.69) is 0 Å². The zero-order chi connectivity index (χ0) is 13.8. The zero-order valence-electron chi connectivity index (χ0n) is 9.95. The average Bonchev–Trinajstić information content (AvgIpc) is 2.42. The lowest BCUT2D eigenvalue weighted by molar-refractivity contribution is 0.0695. The lowest BCUT2D eigenvalue weighted by Gasteiger charge is -2.07. The Morgan fingerprint density at radius 3 is 2.37 bits per heavy atom. The van der Waals surface area contributed by atoms with E-state index in [1.165, 1.54) is 22.9 Å². The minimum absolute atomic E-state index is 0.0317. The molecule has 19 heavy (non-hydrogen) atoms. The number of rotatable bonds is 4. The van der Waals surface area contributed by atoms with Gasteiger partial charge in [-0.05, 0) is 12.1 Å². The molecule has 0 amide bonds. The highest BCUT2D eigenvalue weighted by Gasteiger charge is 2.08. The van der Waals surface area contributed by atoms with Crippen LogP contribution >= 0.6 is 12.2 Å². The normalized spacial score (nSPS) is 10.1. The predicted molar refractivity (Wildman–Crippen MR) is 73.0 cm³/mol. The summed E-state index contributed by atoms with van der Waals surface area (Å²) in [5.41, 5.74) is 0.680. The van der Waals surface area contributed by atoms with Crippen LogP contribution < -0.4 is 0 Å². The molecule has 0 bridgehead atoms. The molecule has 5 heteroatoms. The fraction of sp³-hybridized carbons (Fsp3) is 0.0714. The third-order valence-corrected chi connectivity index (χ3v) is 3.01. The van der Waals surface area contributed by atoms with Crippen LogP contribution in [-0.2, 0) is 6.54 Å². The van der Waals surface area contributed by atoms with Crippen LogP contribution in [0, 0.1) is 4.64 Å². The van der Waals surface area contributed by atoms with Crippen molar-refractivity contribution in [2.45, 2.75) is 6.54 Å². The maximum Gasteiger partial charge on any atom is 0.337 e. The van der Waals surface area contributed by atoms with Crippen LogP contribution in [0.4, 0.5) is 0 Å². The molecule has 0 spiro atoms. The van der Waals surface area contributed by atoms with Crippen molar-refractivity contribution in [3.63, 3.8) is 0 Å². The van der Waals surface area contributed by atoms with E-state index < -0.39 is 5.97 Å². The molecule has 0 atom stereocenters. The van der Waals surface area contributed by atoms with Crippen molar-refractivity contribution < 1.29 is 14.7 Å². The molecule has 1 N–H and O–H groups in total. The first-order chi connectivity index (χ1) is 9.08. The molecule has 0 saturated heterocycles. The number of carbonyl (C=O) groups excluding carboxylic acids is 1. The number of hydrogen-bond acceptors (Lipinski definition) is 3. The fourth-order valence-electron chi connectivity index (χ4n) is 1.65. The number of Topliss-reactive ketones (excluding diaryl/α,β-unsaturated/α-hetero) is 1. The van der Waals surface area contributed by atoms with E-state index in [0.717, 1.165) is 0 Å². The van der Waals surface area contributed by atoms with Crippen molar-refractivity contribution >= 4 is 24.0 Å². The number of ketones is 1. The summed E-state index contributed by atoms with van der Waals surface area (Å²) in [5, 5.41) is 8.92. The van der Waals surface area contributed by atoms with E-state index in [0.29, 0.717) is 10.2 Å². The molecule has 1 heterocycles. The van der Waals surface area contributed by atoms with Gasteiger partial charge in [-0.1, -0.05) is 42.5 Å². The van der Waals surface area contributed by atoms with Gasteiger partial charge in [0.15, 0.2) is 5.78 Å². The largest absolute Gasteiger partial charge is 0.478 e. The van der Waals surface area contributed by atoms with Gasteiger partial charge in [-0.25, -0.2) is 4.79 Å². The third kappa shape index (κ3) is 3.14. The van der Waals surface area contributed by atoms with Crippen LogP contribution in [0.25, 0.3) is 0 Å². The van der Waals surface area contributed by atoms with Crippen LogP contribution in [0.3, 0.4) is 0 Å². The molecule has 1 aromatic heterocycles. The van der Waals surface area contributed by atoms with Crippen molar-refractivity contribution in [2.75, 3.05) is 0 Å². The molecule has 0 fully saturated rings. The molecule has 0 unspecified atom stereocenters. The van der Waals surface area contributed by atoms with Gasteiger partial charge in [0, 0.05) is 11.8 Å². The van der Waals surface area contributed by atoms with Gasteiger partial charge in [-0.3, -0.25) is 4.79 Å². The summed E-state index contributed by atoms with van der Waals surface area (Å²) in [6.07, 6.45) is 1.38. The number of aromatic carboxylic acids is 1. The highest BCUT2D eigenvalue weighted by molar-refractivity contribution is 7.71. The monoisotopic (exact) mass is 273 g/mol. The maximum atomic E-state index is 12.0. The predicted octanol–water partition coefficient (Wildman–Crippen LogP) is 2.80. The number of benzene rings is 1. The summed E-state index contributed by atoms with van der Waals surface area (Å²) < 4.78 is 1.89. The Hall–Kier alpha value is -2.27. The number of carbonyl (C=O) groups is 2. The minimum atomic E-state index is -1.05. The van der Waals surface area contributed by atoms with Crippen molar-refractivity contribution in [3.05, 3.63) is 64.4 Å². The smallest absolute Gasteiger partial charge is 0.337 e. The van der Waals surface area contributed by atoms with Gasteiger partial charge in [0.1, 0.15) is 4.64 Å². The highest BCUT2D eigenvalue weighted by Crippen LogP contribution is 2.06. The number of carboxylic acids is 1. The molecule has 0 saturated carbocycles. The van der Waals surface area contributed by atoms with Crippen LogP contribution in [0.5, 0.6) is 0 Å². The Morgan fingerprint density at radius 2 is 1.74 bits per heavy atom. The van der Waals surface area contributed by atoms with Crippen molar-refractivity contribution in [2.24, 2.45) is 0 Å². The number of nitrogens with zero attached hydrogens (tertiary/aromatic N) is 1. The Morgan fingerprint density at radius 1 is 1.05 bits per heavy atom. The summed E-state index contributed by atoms with van der Waals surface area (Å²) >= 11 is 5.08. The lowest BCUT2D eigenvalue weighted by Crippen LogP contribution is -2.13. The fourth-order valence-corrected chi connectivity index (χ4v) is 1.84. The molecule has 96 valence electrons. The van der Waals surface area contributed by atoms with Gasteiger partial charge in [0.2, 0.25) is 0 Å². The van der Waals surface area contributed by atoms with E-state index in [1.807, 2.05) is 6.07 Å². The van der Waals surface area contributed by atoms with Crippen LogP contribution in [0.15, 0.2) is 48.7 Å². The summed E-state index contributed by atoms with van der Waals surface area (Å²) in [6, 6.07) is 11.7. The molecule has 0 radical (unpaired) electrons. The zero-order valence-corrected chi connectivity index (χ0v) is 10.8. The second kappa shape index (κ2) is 5.58. The maximum absolute atomic E-state index is 12.0. The summed E-state index contributed by atoms with van der Waals surface area (Å²) in [6.45, 7) is 0.0317. The third-order valence-electron chi connectivity index (χ3n) is 2.64. The van der Waals surface area contributed by atoms with Gasteiger partial charge < -0.3 is 9.67 Å². The topological polar surface area (TPSA) is 59.3 Å². The average molecular weight is 273 g/mol. The molecule has 4 nitrogen and oxygen atoms in total. The highest BCUT2D eigenvalue weighted by atomic mass is 32.1. The standard InChI is InChI=1S/C14H11NO3S/c16-12(10-4-2-1-3-5-10)9-15-8-11(14(17)18)6-7-13(15)19/h1-8H,9H2,(H,17,18). The summed E-state index contributed by atoms with van der Waals surface area (Å²) in [4.78, 5) is 22.9. The number of aromatic nitrogens is 1. The van der Waals surface area contributed by atoms with E-state index in [1.54, 1.807) is 24.3 Å². The van der Waals surface area contributed by atoms with Crippen LogP contribution in [0.2, 0.25) is 0 Å². The number of hydrogen-bond donors (Lipinski definition) is 1. The van der Waals surface area contributed by atoms with E-state index >= 15 is 0 Å². The second-order valence-electron chi connectivity index (χ2n) is 3.98. The first-order valence-corrected chi connectivity index (χ1v) is 6.01. The van der Waals surface area contributed by atoms with E-state index in [9.17, 15) is 9.59 Å². The van der Waals surface area contributed by atoms with Gasteiger partial charge in [-0.2, -0.15) is 0 Å². The minimum Gasteiger partial charge on any atom is -0.478 e. The van der Waals surface area contributed by atoms with Gasteiger partial charge in [0.25, 0.3) is 0 Å². The van der Waals surface area contributed by atoms with Gasteiger partial charge >= 0.3 is 5.97 Å². The molecular weight excluding hydrogens is 262 g/mol. The Balaban J connectivity index is 2.29. The summed E-state index contributed by atoms with van der Waals surface area (Å²) in [5.74, 6) is -1.16. The molecule has 2 aromatic rings. The van der Waals surface area contributed by atoms with Gasteiger partial charge in [-0.15, -0.1) is 0 Å². The molecule has 0 aliphatic carbocycles. The van der Waals surface area contributed by atoms with Crippen LogP contribution in [0.1, 0.15) is 20.7 Å². The van der Waals surface area contributed by atoms with E-state index in [4.69, 9.17) is 17.3 Å². The molecular formula is C14H11NO3S. The Bertz CT molecular complexity index is 677. The van der Waals surface area contributed by atoms with Crippen molar-refractivity contribution in [3.8, 4) is 0 Å². The Kier molecular flexibility index (Phi) is 3.87. The lowest BCUT2D eigenvalue weighted by atomic mass is 10.1. The first kappa shape index (κ1) is 13.2. The van der Waals surface area contributed by atoms with Crippen molar-refractivity contribution in [1.82, 2.24) is 4.57 Å². The number of carboxylic acid groups (broad SMARTS) is 1. The SMILES string of the molecule is O=C(O)c1ccc(=S)n(CC(=O)c2ccccc2)c1. The number of pyridine rings is 1. The first-order valence-electron chi connectivity index (χ1n) is 5.60. The molecule has 0 aliphatic heterocycles. The van der Waals surface area contributed by atoms with E-state index in [-0.39, 0.29) is 17.9 Å². The molecule has 0 aliphatic rings.